The molecule has 0 atom stereocenters. The molecule has 1 fully saturated rings. The van der Waals surface area contributed by atoms with Gasteiger partial charge in [0.2, 0.25) is 0 Å². The van der Waals surface area contributed by atoms with Crippen molar-refractivity contribution in [2.24, 2.45) is 0 Å². The maximum absolute atomic E-state index is 11.1. The number of carbonyl (C=O) groups is 1. The topological polar surface area (TPSA) is 70.7 Å². The van der Waals surface area contributed by atoms with Crippen LogP contribution in [0.4, 0.5) is 0 Å². The van der Waals surface area contributed by atoms with E-state index in [1.165, 1.54) is 10.7 Å². The summed E-state index contributed by atoms with van der Waals surface area (Å²) in [5.41, 5.74) is 1.65. The molecule has 1 N–H and O–H groups in total. The van der Waals surface area contributed by atoms with Crippen LogP contribution in [0.3, 0.4) is 0 Å². The molecule has 6 nitrogen and oxygen atoms in total. The zero-order valence-electron chi connectivity index (χ0n) is 10.8. The Morgan fingerprint density at radius 2 is 2.11 bits per heavy atom. The highest BCUT2D eigenvalue weighted by atomic mass is 16.4. The van der Waals surface area contributed by atoms with Crippen molar-refractivity contribution in [2.75, 3.05) is 20.1 Å². The number of likely N-dealkylation sites (tertiary alicyclic amines) is 1. The van der Waals surface area contributed by atoms with Gasteiger partial charge in [0, 0.05) is 5.92 Å². The van der Waals surface area contributed by atoms with E-state index in [2.05, 4.69) is 22.0 Å². The summed E-state index contributed by atoms with van der Waals surface area (Å²) < 4.78 is 1.43. The number of carboxylic acids is 1. The van der Waals surface area contributed by atoms with Gasteiger partial charge in [-0.15, -0.1) is 0 Å². The maximum atomic E-state index is 11.1. The van der Waals surface area contributed by atoms with E-state index >= 15 is 0 Å². The van der Waals surface area contributed by atoms with Crippen molar-refractivity contribution >= 4 is 11.6 Å². The highest BCUT2D eigenvalue weighted by Crippen LogP contribution is 2.26. The molecule has 6 heteroatoms. The number of imidazole rings is 1. The minimum atomic E-state index is -1.000. The largest absolute Gasteiger partial charge is 0.476 e. The molecule has 0 spiro atoms. The Bertz CT molecular complexity index is 614. The number of aromatic nitrogens is 3. The normalized spacial score (nSPS) is 17.9. The van der Waals surface area contributed by atoms with Crippen LogP contribution in [0.15, 0.2) is 18.3 Å². The molecular formula is C13H16N4O2. The van der Waals surface area contributed by atoms with E-state index in [4.69, 9.17) is 5.11 Å². The van der Waals surface area contributed by atoms with Gasteiger partial charge in [0.25, 0.3) is 0 Å². The van der Waals surface area contributed by atoms with E-state index in [-0.39, 0.29) is 5.69 Å². The highest BCUT2D eigenvalue weighted by Gasteiger charge is 2.21. The number of aromatic carboxylic acids is 1. The minimum absolute atomic E-state index is 0.116. The van der Waals surface area contributed by atoms with Gasteiger partial charge in [-0.3, -0.25) is 0 Å². The second-order valence-electron chi connectivity index (χ2n) is 5.05. The van der Waals surface area contributed by atoms with Crippen LogP contribution in [0.5, 0.6) is 0 Å². The van der Waals surface area contributed by atoms with Crippen LogP contribution in [-0.4, -0.2) is 50.7 Å². The SMILES string of the molecule is CN1CCC(c2ccc3ncc(C(=O)O)n3n2)CC1. The molecule has 1 aliphatic rings. The first-order valence-corrected chi connectivity index (χ1v) is 6.41. The first-order valence-electron chi connectivity index (χ1n) is 6.41. The number of hydrogen-bond donors (Lipinski definition) is 1. The molecule has 0 saturated carbocycles. The number of carboxylic acid groups (broad SMARTS) is 1. The van der Waals surface area contributed by atoms with E-state index in [0.717, 1.165) is 31.6 Å². The molecule has 0 aromatic carbocycles. The van der Waals surface area contributed by atoms with Crippen molar-refractivity contribution in [1.29, 1.82) is 0 Å². The molecule has 2 aromatic rings. The number of piperidine rings is 1. The second kappa shape index (κ2) is 4.62. The molecule has 100 valence electrons. The zero-order valence-corrected chi connectivity index (χ0v) is 10.8. The van der Waals surface area contributed by atoms with Crippen LogP contribution in [-0.2, 0) is 0 Å². The van der Waals surface area contributed by atoms with Gasteiger partial charge in [-0.2, -0.15) is 5.10 Å². The Morgan fingerprint density at radius 1 is 1.37 bits per heavy atom. The third-order valence-electron chi connectivity index (χ3n) is 3.74. The zero-order chi connectivity index (χ0) is 13.4. The third-order valence-corrected chi connectivity index (χ3v) is 3.74. The molecule has 1 aliphatic heterocycles. The first-order chi connectivity index (χ1) is 9.15. The number of hydrogen-bond acceptors (Lipinski definition) is 4. The smallest absolute Gasteiger partial charge is 0.356 e. The Labute approximate surface area is 110 Å². The van der Waals surface area contributed by atoms with Gasteiger partial charge in [0.15, 0.2) is 11.3 Å². The van der Waals surface area contributed by atoms with Crippen LogP contribution in [0.25, 0.3) is 5.65 Å². The van der Waals surface area contributed by atoms with Gasteiger partial charge >= 0.3 is 5.97 Å². The van der Waals surface area contributed by atoms with Crippen LogP contribution < -0.4 is 0 Å². The Balaban J connectivity index is 1.96. The van der Waals surface area contributed by atoms with E-state index in [0.29, 0.717) is 11.6 Å². The Hall–Kier alpha value is -1.95. The number of nitrogens with zero attached hydrogens (tertiary/aromatic N) is 4. The van der Waals surface area contributed by atoms with Crippen LogP contribution in [0.1, 0.15) is 34.9 Å². The van der Waals surface area contributed by atoms with Crippen molar-refractivity contribution in [3.05, 3.63) is 29.7 Å². The standard InChI is InChI=1S/C13H16N4O2/c1-16-6-4-9(5-7-16)10-2-3-12-14-8-11(13(18)19)17(12)15-10/h2-3,8-9H,4-7H2,1H3,(H,18,19). The lowest BCUT2D eigenvalue weighted by Gasteiger charge is -2.28. The fraction of sp³-hybridized carbons (Fsp3) is 0.462. The molecule has 19 heavy (non-hydrogen) atoms. The molecule has 1 saturated heterocycles. The lowest BCUT2D eigenvalue weighted by molar-refractivity contribution is 0.0688. The Morgan fingerprint density at radius 3 is 2.79 bits per heavy atom. The van der Waals surface area contributed by atoms with Gasteiger partial charge < -0.3 is 10.0 Å². The van der Waals surface area contributed by atoms with Gasteiger partial charge in [-0.05, 0) is 45.1 Å². The number of rotatable bonds is 2. The average Bonchev–Trinajstić information content (AvgIpc) is 2.82. The Kier molecular flexibility index (Phi) is 2.94. The summed E-state index contributed by atoms with van der Waals surface area (Å²) in [5, 5.41) is 13.6. The summed E-state index contributed by atoms with van der Waals surface area (Å²) in [6.07, 6.45) is 3.47. The van der Waals surface area contributed by atoms with Crippen LogP contribution in [0, 0.1) is 0 Å². The van der Waals surface area contributed by atoms with Crippen molar-refractivity contribution < 1.29 is 9.90 Å². The molecule has 0 amide bonds. The summed E-state index contributed by atoms with van der Waals surface area (Å²) in [7, 11) is 2.12. The minimum Gasteiger partial charge on any atom is -0.476 e. The molecule has 2 aromatic heterocycles. The molecule has 0 aliphatic carbocycles. The lowest BCUT2D eigenvalue weighted by Crippen LogP contribution is -2.29. The molecule has 3 rings (SSSR count). The van der Waals surface area contributed by atoms with E-state index < -0.39 is 5.97 Å². The molecule has 0 radical (unpaired) electrons. The van der Waals surface area contributed by atoms with E-state index in [9.17, 15) is 4.79 Å². The predicted octanol–water partition coefficient (Wildman–Crippen LogP) is 1.24. The van der Waals surface area contributed by atoms with Gasteiger partial charge in [0.05, 0.1) is 11.9 Å². The van der Waals surface area contributed by atoms with E-state index in [1.807, 2.05) is 12.1 Å². The van der Waals surface area contributed by atoms with Crippen molar-refractivity contribution in [2.45, 2.75) is 18.8 Å². The van der Waals surface area contributed by atoms with Crippen LogP contribution >= 0.6 is 0 Å². The van der Waals surface area contributed by atoms with Crippen molar-refractivity contribution in [3.63, 3.8) is 0 Å². The van der Waals surface area contributed by atoms with Crippen molar-refractivity contribution in [3.8, 4) is 0 Å². The van der Waals surface area contributed by atoms with E-state index in [1.54, 1.807) is 0 Å². The number of fused-ring (bicyclic) bond motifs is 1. The average molecular weight is 260 g/mol. The lowest BCUT2D eigenvalue weighted by atomic mass is 9.94. The van der Waals surface area contributed by atoms with Gasteiger partial charge in [-0.1, -0.05) is 0 Å². The molecular weight excluding hydrogens is 244 g/mol. The molecule has 0 bridgehead atoms. The highest BCUT2D eigenvalue weighted by molar-refractivity contribution is 5.86. The van der Waals surface area contributed by atoms with Crippen molar-refractivity contribution in [1.82, 2.24) is 19.5 Å². The first kappa shape index (κ1) is 12.1. The maximum Gasteiger partial charge on any atom is 0.356 e. The summed E-state index contributed by atoms with van der Waals surface area (Å²) in [6, 6.07) is 3.80. The molecule has 3 heterocycles. The summed E-state index contributed by atoms with van der Waals surface area (Å²) in [6.45, 7) is 2.11. The monoisotopic (exact) mass is 260 g/mol. The quantitative estimate of drug-likeness (QED) is 0.879. The predicted molar refractivity (Wildman–Crippen MR) is 69.4 cm³/mol. The fourth-order valence-corrected chi connectivity index (χ4v) is 2.56. The third kappa shape index (κ3) is 2.19. The molecule has 0 unspecified atom stereocenters. The summed E-state index contributed by atoms with van der Waals surface area (Å²) in [4.78, 5) is 17.4. The van der Waals surface area contributed by atoms with Gasteiger partial charge in [0.1, 0.15) is 0 Å². The van der Waals surface area contributed by atoms with Crippen LogP contribution in [0.2, 0.25) is 0 Å². The van der Waals surface area contributed by atoms with Gasteiger partial charge in [-0.25, -0.2) is 14.3 Å². The fourth-order valence-electron chi connectivity index (χ4n) is 2.56. The summed E-state index contributed by atoms with van der Waals surface area (Å²) in [5.74, 6) is -0.592. The summed E-state index contributed by atoms with van der Waals surface area (Å²) >= 11 is 0. The second-order valence-corrected chi connectivity index (χ2v) is 5.05.